The second-order valence-electron chi connectivity index (χ2n) is 10.9. The van der Waals surface area contributed by atoms with Crippen molar-refractivity contribution in [3.8, 4) is 0 Å². The van der Waals surface area contributed by atoms with Gasteiger partial charge in [0.15, 0.2) is 0 Å². The number of fused-ring (bicyclic) bond motifs is 5. The minimum atomic E-state index is 0.512. The second-order valence-corrected chi connectivity index (χ2v) is 10.9. The molecule has 4 aliphatic carbocycles. The summed E-state index contributed by atoms with van der Waals surface area (Å²) in [6, 6.07) is 0. The van der Waals surface area contributed by atoms with E-state index < -0.39 is 0 Å². The first-order valence-electron chi connectivity index (χ1n) is 12.4. The maximum absolute atomic E-state index is 5.04. The summed E-state index contributed by atoms with van der Waals surface area (Å²) in [6.45, 7) is 13.0. The van der Waals surface area contributed by atoms with E-state index in [1.165, 1.54) is 69.9 Å². The van der Waals surface area contributed by atoms with Crippen molar-refractivity contribution in [1.82, 2.24) is 5.32 Å². The molecular weight excluding hydrogens is 340 g/mol. The molecule has 0 aromatic carbocycles. The Balaban J connectivity index is 1.47. The van der Waals surface area contributed by atoms with Crippen molar-refractivity contribution in [3.05, 3.63) is 11.6 Å². The van der Waals surface area contributed by atoms with Crippen molar-refractivity contribution >= 4 is 5.71 Å². The fraction of sp³-hybridized carbons (Fsp3) is 0.885. The zero-order chi connectivity index (χ0) is 19.8. The van der Waals surface area contributed by atoms with Gasteiger partial charge in [-0.25, -0.2) is 0 Å². The average Bonchev–Trinajstić information content (AvgIpc) is 3.04. The number of allylic oxidation sites excluding steroid dienone is 2. The summed E-state index contributed by atoms with van der Waals surface area (Å²) in [6.07, 6.45) is 16.7. The van der Waals surface area contributed by atoms with E-state index in [0.29, 0.717) is 10.8 Å². The minimum Gasteiger partial charge on any atom is -0.315 e. The molecule has 1 N–H and O–H groups in total. The number of hydrogen-bond acceptors (Lipinski definition) is 2. The highest BCUT2D eigenvalue weighted by molar-refractivity contribution is 5.85. The maximum atomic E-state index is 5.04. The highest BCUT2D eigenvalue weighted by atomic mass is 14.9. The smallest absolute Gasteiger partial charge is 0.0513 e. The van der Waals surface area contributed by atoms with Crippen LogP contribution in [0, 0.1) is 34.5 Å². The molecule has 0 radical (unpaired) electrons. The Morgan fingerprint density at radius 1 is 1.11 bits per heavy atom. The topological polar surface area (TPSA) is 24.4 Å². The summed E-state index contributed by atoms with van der Waals surface area (Å²) in [5, 5.41) is 3.50. The molecule has 0 saturated heterocycles. The standard InChI is InChI=1S/C26H44N2/c1-5-16-27-17-18-28-19(2)22-11-12-23-21-10-9-20-8-6-7-14-25(20,3)24(21)13-15-26(22,23)4/h8,21-24,27H,5-7,9-18H2,1-4H3. The molecule has 4 rings (SSSR count). The second kappa shape index (κ2) is 8.25. The lowest BCUT2D eigenvalue weighted by molar-refractivity contribution is -0.0431. The molecule has 6 unspecified atom stereocenters. The van der Waals surface area contributed by atoms with Gasteiger partial charge in [-0.15, -0.1) is 0 Å². The van der Waals surface area contributed by atoms with Gasteiger partial charge >= 0.3 is 0 Å². The van der Waals surface area contributed by atoms with Crippen LogP contribution in [0.1, 0.15) is 91.9 Å². The van der Waals surface area contributed by atoms with Gasteiger partial charge in [-0.3, -0.25) is 4.99 Å². The van der Waals surface area contributed by atoms with Crippen LogP contribution in [0.5, 0.6) is 0 Å². The first-order valence-corrected chi connectivity index (χ1v) is 12.4. The van der Waals surface area contributed by atoms with Crippen LogP contribution in [0.2, 0.25) is 0 Å². The lowest BCUT2D eigenvalue weighted by Gasteiger charge is -2.58. The zero-order valence-electron chi connectivity index (χ0n) is 19.0. The van der Waals surface area contributed by atoms with Crippen molar-refractivity contribution in [2.24, 2.45) is 39.5 Å². The van der Waals surface area contributed by atoms with Crippen molar-refractivity contribution in [1.29, 1.82) is 0 Å². The minimum absolute atomic E-state index is 0.512. The van der Waals surface area contributed by atoms with Crippen LogP contribution in [-0.2, 0) is 0 Å². The number of nitrogens with zero attached hydrogens (tertiary/aromatic N) is 1. The summed E-state index contributed by atoms with van der Waals surface area (Å²) in [4.78, 5) is 5.04. The molecular formula is C26H44N2. The van der Waals surface area contributed by atoms with Gasteiger partial charge in [0.2, 0.25) is 0 Å². The highest BCUT2D eigenvalue weighted by Crippen LogP contribution is 2.66. The third-order valence-electron chi connectivity index (χ3n) is 9.61. The predicted octanol–water partition coefficient (Wildman–Crippen LogP) is 6.42. The van der Waals surface area contributed by atoms with Crippen molar-refractivity contribution in [2.45, 2.75) is 91.9 Å². The maximum Gasteiger partial charge on any atom is 0.0513 e. The summed E-state index contributed by atoms with van der Waals surface area (Å²) in [5.41, 5.74) is 4.35. The van der Waals surface area contributed by atoms with Gasteiger partial charge in [0.1, 0.15) is 0 Å². The molecule has 0 heterocycles. The summed E-state index contributed by atoms with van der Waals surface area (Å²) >= 11 is 0. The molecule has 0 aromatic heterocycles. The van der Waals surface area contributed by atoms with Crippen LogP contribution in [0.4, 0.5) is 0 Å². The molecule has 3 fully saturated rings. The van der Waals surface area contributed by atoms with E-state index in [9.17, 15) is 0 Å². The molecule has 0 amide bonds. The van der Waals surface area contributed by atoms with Crippen molar-refractivity contribution in [3.63, 3.8) is 0 Å². The third-order valence-corrected chi connectivity index (χ3v) is 9.61. The van der Waals surface area contributed by atoms with Gasteiger partial charge in [0, 0.05) is 18.2 Å². The van der Waals surface area contributed by atoms with E-state index in [-0.39, 0.29) is 0 Å². The number of rotatable bonds is 6. The van der Waals surface area contributed by atoms with E-state index in [0.717, 1.165) is 43.3 Å². The molecule has 0 bridgehead atoms. The summed E-state index contributed by atoms with van der Waals surface area (Å²) < 4.78 is 0. The molecule has 2 heteroatoms. The van der Waals surface area contributed by atoms with Crippen LogP contribution >= 0.6 is 0 Å². The van der Waals surface area contributed by atoms with Crippen molar-refractivity contribution in [2.75, 3.05) is 19.6 Å². The lowest BCUT2D eigenvalue weighted by atomic mass is 9.47. The van der Waals surface area contributed by atoms with Crippen LogP contribution in [0.15, 0.2) is 16.6 Å². The van der Waals surface area contributed by atoms with Gasteiger partial charge < -0.3 is 5.32 Å². The Bertz CT molecular complexity index is 620. The van der Waals surface area contributed by atoms with Crippen LogP contribution in [0.25, 0.3) is 0 Å². The van der Waals surface area contributed by atoms with E-state index in [4.69, 9.17) is 4.99 Å². The molecule has 0 aromatic rings. The molecule has 158 valence electrons. The summed E-state index contributed by atoms with van der Waals surface area (Å²) in [7, 11) is 0. The Hall–Kier alpha value is -0.630. The largest absolute Gasteiger partial charge is 0.315 e. The Morgan fingerprint density at radius 2 is 1.96 bits per heavy atom. The van der Waals surface area contributed by atoms with Crippen LogP contribution < -0.4 is 5.32 Å². The fourth-order valence-corrected chi connectivity index (χ4v) is 8.16. The Kier molecular flexibility index (Phi) is 6.08. The van der Waals surface area contributed by atoms with Crippen LogP contribution in [0.3, 0.4) is 0 Å². The molecule has 0 aliphatic heterocycles. The Morgan fingerprint density at radius 3 is 2.79 bits per heavy atom. The number of nitrogens with one attached hydrogen (secondary N) is 1. The summed E-state index contributed by atoms with van der Waals surface area (Å²) in [5.74, 6) is 3.61. The normalized spacial score (nSPS) is 43.1. The van der Waals surface area contributed by atoms with Gasteiger partial charge in [0.05, 0.1) is 6.54 Å². The van der Waals surface area contributed by atoms with Gasteiger partial charge in [-0.05, 0) is 106 Å². The molecule has 6 atom stereocenters. The molecule has 4 aliphatic rings. The third kappa shape index (κ3) is 3.42. The highest BCUT2D eigenvalue weighted by Gasteiger charge is 2.58. The predicted molar refractivity (Wildman–Crippen MR) is 121 cm³/mol. The molecule has 0 spiro atoms. The van der Waals surface area contributed by atoms with E-state index in [1.54, 1.807) is 0 Å². The van der Waals surface area contributed by atoms with Crippen LogP contribution in [-0.4, -0.2) is 25.3 Å². The quantitative estimate of drug-likeness (QED) is 0.319. The van der Waals surface area contributed by atoms with Crippen molar-refractivity contribution < 1.29 is 0 Å². The lowest BCUT2D eigenvalue weighted by Crippen LogP contribution is -2.50. The van der Waals surface area contributed by atoms with Gasteiger partial charge in [0.25, 0.3) is 0 Å². The Labute approximate surface area is 174 Å². The first-order chi connectivity index (χ1) is 13.5. The molecule has 28 heavy (non-hydrogen) atoms. The monoisotopic (exact) mass is 384 g/mol. The number of aliphatic imine (C=N–C) groups is 1. The molecule has 2 nitrogen and oxygen atoms in total. The molecule has 3 saturated carbocycles. The zero-order valence-corrected chi connectivity index (χ0v) is 19.0. The van der Waals surface area contributed by atoms with E-state index in [2.05, 4.69) is 39.1 Å². The van der Waals surface area contributed by atoms with E-state index >= 15 is 0 Å². The van der Waals surface area contributed by atoms with Gasteiger partial charge in [-0.1, -0.05) is 32.4 Å². The van der Waals surface area contributed by atoms with E-state index in [1.807, 2.05) is 5.57 Å². The first kappa shape index (κ1) is 20.6. The fourth-order valence-electron chi connectivity index (χ4n) is 8.16. The number of hydrogen-bond donors (Lipinski definition) is 1. The SMILES string of the molecule is CCCNCCN=C(C)C1CCC2C3CCC4=CCCCC4(C)C3CCC12C. The average molecular weight is 385 g/mol. The van der Waals surface area contributed by atoms with Gasteiger partial charge in [-0.2, -0.15) is 0 Å².